The minimum Gasteiger partial charge on any atom is -0.508 e. The summed E-state index contributed by atoms with van der Waals surface area (Å²) >= 11 is 0. The minimum atomic E-state index is 0.342. The number of aromatic hydroxyl groups is 1. The van der Waals surface area contributed by atoms with Crippen molar-refractivity contribution in [1.29, 1.82) is 0 Å². The van der Waals surface area contributed by atoms with Gasteiger partial charge in [-0.3, -0.25) is 0 Å². The first-order valence-electron chi connectivity index (χ1n) is 6.17. The quantitative estimate of drug-likeness (QED) is 0.817. The molecule has 0 bridgehead atoms. The number of benzene rings is 1. The summed E-state index contributed by atoms with van der Waals surface area (Å²) in [7, 11) is 0. The molecule has 1 aromatic carbocycles. The number of rotatable bonds is 5. The lowest BCUT2D eigenvalue weighted by Gasteiger charge is -2.36. The molecule has 0 radical (unpaired) electrons. The Hall–Kier alpha value is -1.18. The average molecular weight is 221 g/mol. The SMILES string of the molecule is CCC(C)N(c1cccc(O)c1)C(C)CC. The van der Waals surface area contributed by atoms with E-state index in [4.69, 9.17) is 0 Å². The van der Waals surface area contributed by atoms with E-state index in [0.29, 0.717) is 17.8 Å². The molecular weight excluding hydrogens is 198 g/mol. The zero-order valence-corrected chi connectivity index (χ0v) is 10.8. The van der Waals surface area contributed by atoms with Gasteiger partial charge in [-0.1, -0.05) is 19.9 Å². The molecule has 0 amide bonds. The van der Waals surface area contributed by atoms with E-state index in [9.17, 15) is 5.11 Å². The van der Waals surface area contributed by atoms with Gasteiger partial charge in [0.2, 0.25) is 0 Å². The molecule has 0 heterocycles. The summed E-state index contributed by atoms with van der Waals surface area (Å²) in [6, 6.07) is 8.53. The summed E-state index contributed by atoms with van der Waals surface area (Å²) in [6.45, 7) is 8.86. The molecule has 2 unspecified atom stereocenters. The lowest BCUT2D eigenvalue weighted by atomic mass is 10.1. The van der Waals surface area contributed by atoms with Crippen molar-refractivity contribution in [1.82, 2.24) is 0 Å². The van der Waals surface area contributed by atoms with E-state index < -0.39 is 0 Å². The fourth-order valence-electron chi connectivity index (χ4n) is 1.99. The molecule has 0 aromatic heterocycles. The molecule has 0 aliphatic carbocycles. The predicted molar refractivity (Wildman–Crippen MR) is 70.1 cm³/mol. The van der Waals surface area contributed by atoms with E-state index in [2.05, 4.69) is 38.7 Å². The average Bonchev–Trinajstić information content (AvgIpc) is 2.29. The van der Waals surface area contributed by atoms with Crippen LogP contribution in [0.5, 0.6) is 5.75 Å². The van der Waals surface area contributed by atoms with Crippen LogP contribution in [0, 0.1) is 0 Å². The van der Waals surface area contributed by atoms with Gasteiger partial charge >= 0.3 is 0 Å². The first kappa shape index (κ1) is 12.9. The molecule has 2 nitrogen and oxygen atoms in total. The zero-order valence-electron chi connectivity index (χ0n) is 10.8. The summed E-state index contributed by atoms with van der Waals surface area (Å²) in [5.74, 6) is 0.342. The van der Waals surface area contributed by atoms with E-state index in [1.54, 1.807) is 6.07 Å². The third kappa shape index (κ3) is 2.91. The normalized spacial score (nSPS) is 14.5. The van der Waals surface area contributed by atoms with Gasteiger partial charge in [0, 0.05) is 23.8 Å². The largest absolute Gasteiger partial charge is 0.508 e. The Bertz CT molecular complexity index is 314. The van der Waals surface area contributed by atoms with Crippen molar-refractivity contribution in [3.05, 3.63) is 24.3 Å². The molecule has 0 aliphatic heterocycles. The van der Waals surface area contributed by atoms with E-state index in [1.165, 1.54) is 0 Å². The maximum atomic E-state index is 9.54. The molecule has 0 aliphatic rings. The van der Waals surface area contributed by atoms with Gasteiger partial charge in [-0.2, -0.15) is 0 Å². The Balaban J connectivity index is 3.00. The van der Waals surface area contributed by atoms with Crippen LogP contribution in [-0.2, 0) is 0 Å². The second-order valence-corrected chi connectivity index (χ2v) is 4.44. The van der Waals surface area contributed by atoms with Gasteiger partial charge in [0.25, 0.3) is 0 Å². The van der Waals surface area contributed by atoms with Crippen LogP contribution in [0.4, 0.5) is 5.69 Å². The van der Waals surface area contributed by atoms with Crippen LogP contribution in [0.3, 0.4) is 0 Å². The maximum Gasteiger partial charge on any atom is 0.117 e. The molecule has 2 atom stereocenters. The second kappa shape index (κ2) is 5.78. The van der Waals surface area contributed by atoms with Crippen molar-refractivity contribution in [3.63, 3.8) is 0 Å². The standard InChI is InChI=1S/C14H23NO/c1-5-11(3)15(12(4)6-2)13-8-7-9-14(16)10-13/h7-12,16H,5-6H2,1-4H3. The van der Waals surface area contributed by atoms with Gasteiger partial charge < -0.3 is 10.0 Å². The summed E-state index contributed by atoms with van der Waals surface area (Å²) < 4.78 is 0. The van der Waals surface area contributed by atoms with Gasteiger partial charge in [0.15, 0.2) is 0 Å². The van der Waals surface area contributed by atoms with Crippen LogP contribution in [0.25, 0.3) is 0 Å². The van der Waals surface area contributed by atoms with Crippen molar-refractivity contribution < 1.29 is 5.11 Å². The monoisotopic (exact) mass is 221 g/mol. The highest BCUT2D eigenvalue weighted by Gasteiger charge is 2.18. The zero-order chi connectivity index (χ0) is 12.1. The number of nitrogens with zero attached hydrogens (tertiary/aromatic N) is 1. The Morgan fingerprint density at radius 3 is 2.12 bits per heavy atom. The third-order valence-electron chi connectivity index (χ3n) is 3.26. The van der Waals surface area contributed by atoms with Gasteiger partial charge in [-0.05, 0) is 38.8 Å². The maximum absolute atomic E-state index is 9.54. The van der Waals surface area contributed by atoms with Crippen molar-refractivity contribution in [2.75, 3.05) is 4.90 Å². The summed E-state index contributed by atoms with van der Waals surface area (Å²) in [6.07, 6.45) is 2.22. The van der Waals surface area contributed by atoms with Crippen LogP contribution in [0.2, 0.25) is 0 Å². The lowest BCUT2D eigenvalue weighted by Crippen LogP contribution is -2.39. The highest BCUT2D eigenvalue weighted by atomic mass is 16.3. The first-order valence-corrected chi connectivity index (χ1v) is 6.17. The van der Waals surface area contributed by atoms with Gasteiger partial charge in [0.05, 0.1) is 0 Å². The number of phenols is 1. The number of hydrogen-bond donors (Lipinski definition) is 1. The van der Waals surface area contributed by atoms with Gasteiger partial charge in [-0.25, -0.2) is 0 Å². The molecule has 1 N–H and O–H groups in total. The van der Waals surface area contributed by atoms with Crippen LogP contribution < -0.4 is 4.90 Å². The van der Waals surface area contributed by atoms with Crippen LogP contribution in [0.1, 0.15) is 40.5 Å². The predicted octanol–water partition coefficient (Wildman–Crippen LogP) is 3.80. The third-order valence-corrected chi connectivity index (χ3v) is 3.26. The number of anilines is 1. The molecule has 1 rings (SSSR count). The summed E-state index contributed by atoms with van der Waals surface area (Å²) in [4.78, 5) is 2.39. The Morgan fingerprint density at radius 2 is 1.69 bits per heavy atom. The van der Waals surface area contributed by atoms with Crippen molar-refractivity contribution in [2.24, 2.45) is 0 Å². The van der Waals surface area contributed by atoms with E-state index in [-0.39, 0.29) is 0 Å². The number of phenolic OH excluding ortho intramolecular Hbond substituents is 1. The van der Waals surface area contributed by atoms with Crippen LogP contribution in [-0.4, -0.2) is 17.2 Å². The summed E-state index contributed by atoms with van der Waals surface area (Å²) in [5.41, 5.74) is 1.11. The van der Waals surface area contributed by atoms with E-state index in [0.717, 1.165) is 18.5 Å². The van der Waals surface area contributed by atoms with E-state index in [1.807, 2.05) is 12.1 Å². The van der Waals surface area contributed by atoms with Crippen molar-refractivity contribution in [2.45, 2.75) is 52.6 Å². The van der Waals surface area contributed by atoms with Gasteiger partial charge in [0.1, 0.15) is 5.75 Å². The molecule has 16 heavy (non-hydrogen) atoms. The molecule has 0 saturated heterocycles. The second-order valence-electron chi connectivity index (χ2n) is 4.44. The highest BCUT2D eigenvalue weighted by Crippen LogP contribution is 2.25. The molecule has 1 aromatic rings. The molecule has 0 saturated carbocycles. The topological polar surface area (TPSA) is 23.5 Å². The smallest absolute Gasteiger partial charge is 0.117 e. The lowest BCUT2D eigenvalue weighted by molar-refractivity contribution is 0.473. The molecule has 0 fully saturated rings. The molecule has 0 spiro atoms. The fourth-order valence-corrected chi connectivity index (χ4v) is 1.99. The summed E-state index contributed by atoms with van der Waals surface area (Å²) in [5, 5.41) is 9.54. The number of hydrogen-bond acceptors (Lipinski definition) is 2. The van der Waals surface area contributed by atoms with Crippen molar-refractivity contribution >= 4 is 5.69 Å². The molecule has 90 valence electrons. The molecular formula is C14H23NO. The Kier molecular flexibility index (Phi) is 4.66. The van der Waals surface area contributed by atoms with Crippen LogP contribution in [0.15, 0.2) is 24.3 Å². The fraction of sp³-hybridized carbons (Fsp3) is 0.571. The van der Waals surface area contributed by atoms with Crippen LogP contribution >= 0.6 is 0 Å². The Labute approximate surface area is 98.9 Å². The van der Waals surface area contributed by atoms with Crippen molar-refractivity contribution in [3.8, 4) is 5.75 Å². The molecule has 2 heteroatoms. The first-order chi connectivity index (χ1) is 7.60. The highest BCUT2D eigenvalue weighted by molar-refractivity contribution is 5.51. The van der Waals surface area contributed by atoms with Gasteiger partial charge in [-0.15, -0.1) is 0 Å². The minimum absolute atomic E-state index is 0.342. The Morgan fingerprint density at radius 1 is 1.12 bits per heavy atom. The van der Waals surface area contributed by atoms with E-state index >= 15 is 0 Å².